The molecule has 2 rings (SSSR count). The number of hydrogen-bond donors (Lipinski definition) is 0. The quantitative estimate of drug-likeness (QED) is 0.625. The lowest BCUT2D eigenvalue weighted by atomic mass is 10.3. The molecule has 110 valence electrons. The second kappa shape index (κ2) is 5.47. The van der Waals surface area contributed by atoms with Crippen molar-refractivity contribution in [3.8, 4) is 0 Å². The first-order chi connectivity index (χ1) is 9.73. The Balaban J connectivity index is 2.71. The zero-order valence-electron chi connectivity index (χ0n) is 10.1. The third-order valence-electron chi connectivity index (χ3n) is 2.49. The number of pyridine rings is 1. The predicted molar refractivity (Wildman–Crippen MR) is 76.4 cm³/mol. The van der Waals surface area contributed by atoms with Crippen molar-refractivity contribution in [2.45, 2.75) is 4.90 Å². The minimum Gasteiger partial charge on any atom is -0.267 e. The lowest BCUT2D eigenvalue weighted by molar-refractivity contribution is -0.385. The van der Waals surface area contributed by atoms with Crippen molar-refractivity contribution in [2.24, 2.45) is 0 Å². The van der Waals surface area contributed by atoms with Gasteiger partial charge >= 0.3 is 0 Å². The molecule has 0 bridgehead atoms. The number of nitrogens with zero attached hydrogens (tertiary/aromatic N) is 2. The molecule has 0 aliphatic carbocycles. The highest BCUT2D eigenvalue weighted by Crippen LogP contribution is 2.20. The highest BCUT2D eigenvalue weighted by atomic mass is 35.5. The molecule has 0 saturated carbocycles. The van der Waals surface area contributed by atoms with E-state index >= 15 is 0 Å². The molecule has 7 nitrogen and oxygen atoms in total. The second-order valence-electron chi connectivity index (χ2n) is 3.87. The molecule has 1 aromatic heterocycles. The van der Waals surface area contributed by atoms with Gasteiger partial charge in [-0.2, -0.15) is 0 Å². The van der Waals surface area contributed by atoms with Crippen LogP contribution in [-0.2, 0) is 10.0 Å². The molecule has 0 fully saturated rings. The molecule has 21 heavy (non-hydrogen) atoms. The molecule has 2 aromatic rings. The van der Waals surface area contributed by atoms with E-state index in [0.29, 0.717) is 3.97 Å². The minimum atomic E-state index is -4.34. The molecule has 0 unspecified atom stereocenters. The average molecular weight is 349 g/mol. The largest absolute Gasteiger partial charge is 0.283 e. The Morgan fingerprint density at radius 3 is 2.48 bits per heavy atom. The molecule has 10 heteroatoms. The van der Waals surface area contributed by atoms with Gasteiger partial charge in [-0.1, -0.05) is 29.3 Å². The molecule has 1 aromatic carbocycles. The van der Waals surface area contributed by atoms with Crippen LogP contribution in [0.2, 0.25) is 10.0 Å². The number of nitro groups is 1. The van der Waals surface area contributed by atoms with Crippen LogP contribution in [-0.4, -0.2) is 17.3 Å². The normalized spacial score (nSPS) is 11.3. The fourth-order valence-corrected chi connectivity index (χ4v) is 3.44. The Kier molecular flexibility index (Phi) is 4.04. The van der Waals surface area contributed by atoms with E-state index < -0.39 is 31.1 Å². The fraction of sp³-hybridized carbons (Fsp3) is 0. The fourth-order valence-electron chi connectivity index (χ4n) is 1.55. The third kappa shape index (κ3) is 2.92. The summed E-state index contributed by atoms with van der Waals surface area (Å²) < 4.78 is 25.1. The van der Waals surface area contributed by atoms with E-state index in [0.717, 1.165) is 30.5 Å². The van der Waals surface area contributed by atoms with Gasteiger partial charge in [-0.3, -0.25) is 14.9 Å². The lowest BCUT2D eigenvalue weighted by Gasteiger charge is -2.08. The van der Waals surface area contributed by atoms with Gasteiger partial charge in [0, 0.05) is 18.3 Å². The summed E-state index contributed by atoms with van der Waals surface area (Å²) in [6, 6.07) is 5.40. The average Bonchev–Trinajstić information content (AvgIpc) is 2.42. The van der Waals surface area contributed by atoms with E-state index in [1.165, 1.54) is 6.07 Å². The van der Waals surface area contributed by atoms with Crippen LogP contribution in [0.15, 0.2) is 46.2 Å². The molecule has 0 aliphatic heterocycles. The molecular weight excluding hydrogens is 343 g/mol. The molecular formula is C11H6Cl2N2O5S. The van der Waals surface area contributed by atoms with Gasteiger partial charge in [0.25, 0.3) is 21.3 Å². The zero-order valence-corrected chi connectivity index (χ0v) is 12.4. The van der Waals surface area contributed by atoms with E-state index in [1.54, 1.807) is 0 Å². The zero-order chi connectivity index (χ0) is 15.8. The van der Waals surface area contributed by atoms with Crippen LogP contribution >= 0.6 is 23.2 Å². The highest BCUT2D eigenvalue weighted by molar-refractivity contribution is 7.90. The van der Waals surface area contributed by atoms with E-state index in [1.807, 2.05) is 0 Å². The molecule has 0 N–H and O–H groups in total. The number of rotatable bonds is 3. The van der Waals surface area contributed by atoms with Crippen molar-refractivity contribution in [1.29, 1.82) is 0 Å². The Bertz CT molecular complexity index is 892. The van der Waals surface area contributed by atoms with E-state index in [-0.39, 0.29) is 10.0 Å². The number of halogens is 2. The van der Waals surface area contributed by atoms with Crippen LogP contribution in [0, 0.1) is 10.1 Å². The lowest BCUT2D eigenvalue weighted by Crippen LogP contribution is -2.27. The van der Waals surface area contributed by atoms with E-state index in [4.69, 9.17) is 23.2 Å². The Morgan fingerprint density at radius 2 is 1.86 bits per heavy atom. The topological polar surface area (TPSA) is 99.3 Å². The Hall–Kier alpha value is -1.90. The number of hydrogen-bond acceptors (Lipinski definition) is 5. The van der Waals surface area contributed by atoms with E-state index in [2.05, 4.69) is 0 Å². The van der Waals surface area contributed by atoms with E-state index in [9.17, 15) is 23.3 Å². The van der Waals surface area contributed by atoms with Crippen molar-refractivity contribution < 1.29 is 13.3 Å². The molecule has 1 heterocycles. The summed E-state index contributed by atoms with van der Waals surface area (Å²) in [7, 11) is -4.34. The summed E-state index contributed by atoms with van der Waals surface area (Å²) in [5.41, 5.74) is -1.41. The summed E-state index contributed by atoms with van der Waals surface area (Å²) in [6.45, 7) is 0. The molecule has 0 spiro atoms. The first-order valence-corrected chi connectivity index (χ1v) is 7.51. The van der Waals surface area contributed by atoms with Gasteiger partial charge in [-0.15, -0.1) is 0 Å². The van der Waals surface area contributed by atoms with Crippen molar-refractivity contribution in [2.75, 3.05) is 0 Å². The Morgan fingerprint density at radius 1 is 1.19 bits per heavy atom. The van der Waals surface area contributed by atoms with Gasteiger partial charge in [-0.05, 0) is 12.1 Å². The SMILES string of the molecule is O=c1c(Cl)cc(Cl)cn1S(=O)(=O)c1cccc([N+](=O)[O-])c1. The molecule has 0 atom stereocenters. The maximum Gasteiger partial charge on any atom is 0.283 e. The Labute approximate surface area is 128 Å². The predicted octanol–water partition coefficient (Wildman–Crippen LogP) is 2.30. The molecule has 0 saturated heterocycles. The number of benzene rings is 1. The number of aromatic nitrogens is 1. The summed E-state index contributed by atoms with van der Waals surface area (Å²) in [5, 5.41) is 10.3. The first-order valence-electron chi connectivity index (χ1n) is 5.31. The van der Waals surface area contributed by atoms with Crippen LogP contribution in [0.25, 0.3) is 0 Å². The van der Waals surface area contributed by atoms with Gasteiger partial charge in [0.2, 0.25) is 0 Å². The second-order valence-corrected chi connectivity index (χ2v) is 6.53. The van der Waals surface area contributed by atoms with Gasteiger partial charge in [0.1, 0.15) is 5.02 Å². The molecule has 0 amide bonds. The van der Waals surface area contributed by atoms with Crippen molar-refractivity contribution in [3.05, 3.63) is 67.0 Å². The van der Waals surface area contributed by atoms with Crippen LogP contribution in [0.1, 0.15) is 0 Å². The summed E-state index contributed by atoms with van der Waals surface area (Å²) in [5.74, 6) is 0. The summed E-state index contributed by atoms with van der Waals surface area (Å²) in [4.78, 5) is 21.3. The monoisotopic (exact) mass is 348 g/mol. The van der Waals surface area contributed by atoms with Crippen molar-refractivity contribution >= 4 is 38.9 Å². The number of nitro benzene ring substituents is 1. The first kappa shape index (κ1) is 15.5. The maximum absolute atomic E-state index is 12.4. The van der Waals surface area contributed by atoms with Crippen molar-refractivity contribution in [1.82, 2.24) is 3.97 Å². The van der Waals surface area contributed by atoms with Gasteiger partial charge < -0.3 is 0 Å². The molecule has 0 radical (unpaired) electrons. The standard InChI is InChI=1S/C11H6Cl2N2O5S/c12-7-4-10(13)11(16)14(6-7)21(19,20)9-3-1-2-8(5-9)15(17)18/h1-6H. The number of non-ortho nitro benzene ring substituents is 1. The van der Waals surface area contributed by atoms with Gasteiger partial charge in [-0.25, -0.2) is 12.4 Å². The van der Waals surface area contributed by atoms with Gasteiger partial charge in [0.05, 0.1) is 14.8 Å². The smallest absolute Gasteiger partial charge is 0.267 e. The van der Waals surface area contributed by atoms with Gasteiger partial charge in [0.15, 0.2) is 0 Å². The summed E-state index contributed by atoms with van der Waals surface area (Å²) >= 11 is 11.3. The van der Waals surface area contributed by atoms with Crippen LogP contribution in [0.5, 0.6) is 0 Å². The summed E-state index contributed by atoms with van der Waals surface area (Å²) in [6.07, 6.45) is 0.879. The van der Waals surface area contributed by atoms with Crippen LogP contribution < -0.4 is 5.56 Å². The highest BCUT2D eigenvalue weighted by Gasteiger charge is 2.22. The maximum atomic E-state index is 12.4. The van der Waals surface area contributed by atoms with Crippen LogP contribution in [0.4, 0.5) is 5.69 Å². The molecule has 0 aliphatic rings. The van der Waals surface area contributed by atoms with Crippen LogP contribution in [0.3, 0.4) is 0 Å². The van der Waals surface area contributed by atoms with Crippen molar-refractivity contribution in [3.63, 3.8) is 0 Å². The third-order valence-corrected chi connectivity index (χ3v) is 4.61. The minimum absolute atomic E-state index is 0.0615.